The number of hydrogen-bond acceptors (Lipinski definition) is 4. The second kappa shape index (κ2) is 6.06. The van der Waals surface area contributed by atoms with Crippen LogP contribution >= 0.6 is 0 Å². The standard InChI is InChI=1S/C13H16N4O3S/c1-2-17-8-7-12(16-17)13(18)15-9-10-3-5-11(6-4-10)21(14,19)20/h3-8H,2,9H2,1H3,(H,15,18)(H2,14,19,20). The van der Waals surface area contributed by atoms with Gasteiger partial charge >= 0.3 is 0 Å². The van der Waals surface area contributed by atoms with E-state index in [0.29, 0.717) is 12.2 Å². The zero-order valence-electron chi connectivity index (χ0n) is 11.5. The maximum absolute atomic E-state index is 11.9. The van der Waals surface area contributed by atoms with Gasteiger partial charge in [-0.1, -0.05) is 12.1 Å². The molecule has 0 atom stereocenters. The summed E-state index contributed by atoms with van der Waals surface area (Å²) in [6.07, 6.45) is 1.73. The molecule has 112 valence electrons. The van der Waals surface area contributed by atoms with E-state index in [-0.39, 0.29) is 17.3 Å². The van der Waals surface area contributed by atoms with E-state index in [2.05, 4.69) is 10.4 Å². The third kappa shape index (κ3) is 3.89. The number of rotatable bonds is 5. The SMILES string of the molecule is CCn1ccc(C(=O)NCc2ccc(S(N)(=O)=O)cc2)n1. The summed E-state index contributed by atoms with van der Waals surface area (Å²) in [5.41, 5.74) is 1.11. The van der Waals surface area contributed by atoms with Gasteiger partial charge in [0.15, 0.2) is 0 Å². The quantitative estimate of drug-likeness (QED) is 0.837. The molecule has 0 aliphatic rings. The third-order valence-electron chi connectivity index (χ3n) is 2.90. The Morgan fingerprint density at radius 1 is 1.29 bits per heavy atom. The molecule has 0 aliphatic carbocycles. The van der Waals surface area contributed by atoms with E-state index in [0.717, 1.165) is 5.56 Å². The van der Waals surface area contributed by atoms with Gasteiger partial charge in [-0.3, -0.25) is 9.48 Å². The number of hydrogen-bond donors (Lipinski definition) is 2. The zero-order chi connectivity index (χ0) is 15.5. The molecule has 8 heteroatoms. The van der Waals surface area contributed by atoms with Gasteiger partial charge in [-0.2, -0.15) is 5.10 Å². The van der Waals surface area contributed by atoms with Gasteiger partial charge in [0.2, 0.25) is 10.0 Å². The number of benzene rings is 1. The smallest absolute Gasteiger partial charge is 0.272 e. The lowest BCUT2D eigenvalue weighted by Crippen LogP contribution is -2.23. The van der Waals surface area contributed by atoms with Gasteiger partial charge in [0.25, 0.3) is 5.91 Å². The molecule has 7 nitrogen and oxygen atoms in total. The van der Waals surface area contributed by atoms with E-state index in [1.165, 1.54) is 12.1 Å². The van der Waals surface area contributed by atoms with Crippen molar-refractivity contribution >= 4 is 15.9 Å². The van der Waals surface area contributed by atoms with Crippen molar-refractivity contribution in [2.45, 2.75) is 24.9 Å². The monoisotopic (exact) mass is 308 g/mol. The Morgan fingerprint density at radius 3 is 2.48 bits per heavy atom. The maximum Gasteiger partial charge on any atom is 0.272 e. The fraction of sp³-hybridized carbons (Fsp3) is 0.231. The molecule has 2 aromatic rings. The van der Waals surface area contributed by atoms with Gasteiger partial charge in [0, 0.05) is 19.3 Å². The highest BCUT2D eigenvalue weighted by molar-refractivity contribution is 7.89. The average Bonchev–Trinajstić information content (AvgIpc) is 2.93. The highest BCUT2D eigenvalue weighted by Crippen LogP contribution is 2.08. The first-order valence-corrected chi connectivity index (χ1v) is 7.88. The molecule has 0 fully saturated rings. The van der Waals surface area contributed by atoms with Gasteiger partial charge in [-0.25, -0.2) is 13.6 Å². The summed E-state index contributed by atoms with van der Waals surface area (Å²) in [4.78, 5) is 11.9. The van der Waals surface area contributed by atoms with E-state index in [9.17, 15) is 13.2 Å². The molecule has 21 heavy (non-hydrogen) atoms. The first-order valence-electron chi connectivity index (χ1n) is 6.33. The summed E-state index contributed by atoms with van der Waals surface area (Å²) >= 11 is 0. The van der Waals surface area contributed by atoms with Gasteiger partial charge in [0.05, 0.1) is 4.90 Å². The minimum absolute atomic E-state index is 0.0410. The van der Waals surface area contributed by atoms with Crippen LogP contribution in [0, 0.1) is 0 Å². The molecule has 0 bridgehead atoms. The van der Waals surface area contributed by atoms with Gasteiger partial charge in [0.1, 0.15) is 5.69 Å². The number of primary sulfonamides is 1. The number of carbonyl (C=O) groups is 1. The van der Waals surface area contributed by atoms with Crippen LogP contribution in [-0.2, 0) is 23.1 Å². The van der Waals surface area contributed by atoms with E-state index in [4.69, 9.17) is 5.14 Å². The lowest BCUT2D eigenvalue weighted by Gasteiger charge is -2.04. The lowest BCUT2D eigenvalue weighted by molar-refractivity contribution is 0.0945. The van der Waals surface area contributed by atoms with E-state index in [1.807, 2.05) is 6.92 Å². The van der Waals surface area contributed by atoms with Gasteiger partial charge in [-0.15, -0.1) is 0 Å². The molecule has 1 heterocycles. The van der Waals surface area contributed by atoms with E-state index in [1.54, 1.807) is 29.1 Å². The largest absolute Gasteiger partial charge is 0.347 e. The van der Waals surface area contributed by atoms with Crippen molar-refractivity contribution in [2.24, 2.45) is 5.14 Å². The number of nitrogens with zero attached hydrogens (tertiary/aromatic N) is 2. The summed E-state index contributed by atoms with van der Waals surface area (Å²) in [5.74, 6) is -0.280. The van der Waals surface area contributed by atoms with Crippen LogP contribution in [-0.4, -0.2) is 24.1 Å². The van der Waals surface area contributed by atoms with Crippen molar-refractivity contribution in [3.05, 3.63) is 47.8 Å². The lowest BCUT2D eigenvalue weighted by atomic mass is 10.2. The highest BCUT2D eigenvalue weighted by Gasteiger charge is 2.10. The fourth-order valence-electron chi connectivity index (χ4n) is 1.73. The third-order valence-corrected chi connectivity index (χ3v) is 3.83. The first-order chi connectivity index (χ1) is 9.90. The maximum atomic E-state index is 11.9. The van der Waals surface area contributed by atoms with Crippen molar-refractivity contribution in [3.8, 4) is 0 Å². The van der Waals surface area contributed by atoms with Crippen LogP contribution < -0.4 is 10.5 Å². The number of sulfonamides is 1. The van der Waals surface area contributed by atoms with Gasteiger partial charge < -0.3 is 5.32 Å². The Hall–Kier alpha value is -2.19. The Kier molecular flexibility index (Phi) is 4.39. The van der Waals surface area contributed by atoms with Crippen molar-refractivity contribution in [1.29, 1.82) is 0 Å². The van der Waals surface area contributed by atoms with Crippen LogP contribution in [0.25, 0.3) is 0 Å². The minimum Gasteiger partial charge on any atom is -0.347 e. The summed E-state index contributed by atoms with van der Waals surface area (Å²) in [6.45, 7) is 2.91. The zero-order valence-corrected chi connectivity index (χ0v) is 12.3. The van der Waals surface area contributed by atoms with Crippen LogP contribution in [0.2, 0.25) is 0 Å². The van der Waals surface area contributed by atoms with Gasteiger partial charge in [-0.05, 0) is 30.7 Å². The van der Waals surface area contributed by atoms with Crippen molar-refractivity contribution in [1.82, 2.24) is 15.1 Å². The van der Waals surface area contributed by atoms with Crippen LogP contribution in [0.3, 0.4) is 0 Å². The molecule has 0 saturated carbocycles. The summed E-state index contributed by atoms with van der Waals surface area (Å²) < 4.78 is 23.9. The average molecular weight is 308 g/mol. The summed E-state index contributed by atoms with van der Waals surface area (Å²) in [6, 6.07) is 7.66. The Labute approximate surface area is 122 Å². The van der Waals surface area contributed by atoms with Crippen LogP contribution in [0.15, 0.2) is 41.4 Å². The molecule has 3 N–H and O–H groups in total. The van der Waals surface area contributed by atoms with E-state index < -0.39 is 10.0 Å². The Balaban J connectivity index is 1.98. The predicted octanol–water partition coefficient (Wildman–Crippen LogP) is 0.480. The summed E-state index contributed by atoms with van der Waals surface area (Å²) in [7, 11) is -3.69. The molecule has 0 unspecified atom stereocenters. The number of aryl methyl sites for hydroxylation is 1. The molecular formula is C13H16N4O3S. The van der Waals surface area contributed by atoms with Crippen LogP contribution in [0.5, 0.6) is 0 Å². The van der Waals surface area contributed by atoms with Crippen molar-refractivity contribution < 1.29 is 13.2 Å². The number of carbonyl (C=O) groups excluding carboxylic acids is 1. The topological polar surface area (TPSA) is 107 Å². The van der Waals surface area contributed by atoms with Crippen LogP contribution in [0.1, 0.15) is 23.0 Å². The number of aromatic nitrogens is 2. The van der Waals surface area contributed by atoms with Crippen molar-refractivity contribution in [2.75, 3.05) is 0 Å². The first kappa shape index (κ1) is 15.2. The molecular weight excluding hydrogens is 292 g/mol. The second-order valence-corrected chi connectivity index (χ2v) is 5.99. The highest BCUT2D eigenvalue weighted by atomic mass is 32.2. The minimum atomic E-state index is -3.69. The molecule has 1 aromatic heterocycles. The molecule has 1 amide bonds. The molecule has 1 aromatic carbocycles. The molecule has 0 radical (unpaired) electrons. The molecule has 2 rings (SSSR count). The van der Waals surface area contributed by atoms with E-state index >= 15 is 0 Å². The molecule has 0 spiro atoms. The fourth-order valence-corrected chi connectivity index (χ4v) is 2.24. The predicted molar refractivity (Wildman–Crippen MR) is 76.9 cm³/mol. The molecule has 0 saturated heterocycles. The second-order valence-electron chi connectivity index (χ2n) is 4.43. The Bertz CT molecular complexity index is 735. The number of amides is 1. The number of nitrogens with one attached hydrogen (secondary N) is 1. The van der Waals surface area contributed by atoms with Crippen LogP contribution in [0.4, 0.5) is 0 Å². The summed E-state index contributed by atoms with van der Waals surface area (Å²) in [5, 5.41) is 11.8. The normalized spacial score (nSPS) is 11.3. The molecule has 0 aliphatic heterocycles. The van der Waals surface area contributed by atoms with Crippen molar-refractivity contribution in [3.63, 3.8) is 0 Å². The Morgan fingerprint density at radius 2 is 1.95 bits per heavy atom. The number of nitrogens with two attached hydrogens (primary N) is 1.